The van der Waals surface area contributed by atoms with Crippen LogP contribution < -0.4 is 0 Å². The molecule has 3 aromatic heterocycles. The molecule has 0 unspecified atom stereocenters. The summed E-state index contributed by atoms with van der Waals surface area (Å²) in [4.78, 5) is 15.4. The smallest absolute Gasteiger partial charge is 0.160 e. The van der Waals surface area contributed by atoms with Crippen LogP contribution in [0.1, 0.15) is 0 Å². The summed E-state index contributed by atoms with van der Waals surface area (Å²) in [5, 5.41) is 2.40. The summed E-state index contributed by atoms with van der Waals surface area (Å²) < 4.78 is 2.33. The van der Waals surface area contributed by atoms with Gasteiger partial charge in [0.1, 0.15) is 5.82 Å². The predicted octanol–water partition coefficient (Wildman–Crippen LogP) is 12.9. The van der Waals surface area contributed by atoms with Crippen LogP contribution in [0.3, 0.4) is 0 Å². The number of fused-ring (bicyclic) bond motifs is 3. The van der Waals surface area contributed by atoms with Crippen LogP contribution in [-0.2, 0) is 0 Å². The first-order chi connectivity index (χ1) is 27.3. The van der Waals surface area contributed by atoms with Crippen molar-refractivity contribution in [1.29, 1.82) is 0 Å². The fraction of sp³-hybridized carbons (Fsp3) is 0. The summed E-state index contributed by atoms with van der Waals surface area (Å²) in [6.07, 6.45) is 0. The molecule has 0 aliphatic heterocycles. The van der Waals surface area contributed by atoms with E-state index in [1.807, 2.05) is 36.4 Å². The maximum atomic E-state index is 5.39. The molecule has 0 bridgehead atoms. The van der Waals surface area contributed by atoms with Gasteiger partial charge in [0.15, 0.2) is 5.82 Å². The SMILES string of the molecule is c1ccc(-c2cc(-c3cccc(-c4ccc(-c5cc6c7ccccc7c(-c7ccccc7)n6c(-c6ccccc6)n5)cc4)c3)nc(-c3ccccc3)n2)cc1. The molecule has 3 heterocycles. The fourth-order valence-corrected chi connectivity index (χ4v) is 7.53. The van der Waals surface area contributed by atoms with E-state index in [4.69, 9.17) is 15.0 Å². The topological polar surface area (TPSA) is 43.1 Å². The summed E-state index contributed by atoms with van der Waals surface area (Å²) in [7, 11) is 0. The quantitative estimate of drug-likeness (QED) is 0.166. The maximum absolute atomic E-state index is 5.39. The second-order valence-electron chi connectivity index (χ2n) is 13.7. The molecule has 0 aliphatic rings. The van der Waals surface area contributed by atoms with Gasteiger partial charge in [-0.05, 0) is 34.9 Å². The molecule has 7 aromatic carbocycles. The Kier molecular flexibility index (Phi) is 8.12. The lowest BCUT2D eigenvalue weighted by Gasteiger charge is -2.13. The minimum Gasteiger partial charge on any atom is -0.293 e. The van der Waals surface area contributed by atoms with Crippen LogP contribution in [0, 0.1) is 0 Å². The third-order valence-electron chi connectivity index (χ3n) is 10.2. The lowest BCUT2D eigenvalue weighted by molar-refractivity contribution is 1.12. The Bertz CT molecular complexity index is 2880. The van der Waals surface area contributed by atoms with Crippen LogP contribution in [0.2, 0.25) is 0 Å². The minimum atomic E-state index is 0.706. The van der Waals surface area contributed by atoms with Crippen molar-refractivity contribution < 1.29 is 0 Å². The highest BCUT2D eigenvalue weighted by molar-refractivity contribution is 6.08. The van der Waals surface area contributed by atoms with E-state index in [0.29, 0.717) is 5.82 Å². The molecule has 0 radical (unpaired) electrons. The van der Waals surface area contributed by atoms with E-state index in [1.54, 1.807) is 0 Å². The average Bonchev–Trinajstić information content (AvgIpc) is 3.61. The van der Waals surface area contributed by atoms with Gasteiger partial charge in [0, 0.05) is 38.6 Å². The van der Waals surface area contributed by atoms with Gasteiger partial charge in [-0.25, -0.2) is 15.0 Å². The number of hydrogen-bond acceptors (Lipinski definition) is 3. The van der Waals surface area contributed by atoms with Gasteiger partial charge < -0.3 is 0 Å². The van der Waals surface area contributed by atoms with Crippen LogP contribution in [-0.4, -0.2) is 19.4 Å². The Hall–Kier alpha value is -7.43. The summed E-state index contributed by atoms with van der Waals surface area (Å²) >= 11 is 0. The monoisotopic (exact) mass is 702 g/mol. The summed E-state index contributed by atoms with van der Waals surface area (Å²) in [5.74, 6) is 1.62. The number of hydrogen-bond donors (Lipinski definition) is 0. The van der Waals surface area contributed by atoms with E-state index in [1.165, 1.54) is 10.8 Å². The van der Waals surface area contributed by atoms with Gasteiger partial charge >= 0.3 is 0 Å². The van der Waals surface area contributed by atoms with Crippen LogP contribution in [0.4, 0.5) is 0 Å². The zero-order valence-electron chi connectivity index (χ0n) is 29.9. The van der Waals surface area contributed by atoms with Gasteiger partial charge in [-0.3, -0.25) is 4.40 Å². The predicted molar refractivity (Wildman–Crippen MR) is 226 cm³/mol. The molecular weight excluding hydrogens is 669 g/mol. The largest absolute Gasteiger partial charge is 0.293 e. The molecule has 0 atom stereocenters. The molecule has 0 aliphatic carbocycles. The van der Waals surface area contributed by atoms with Crippen molar-refractivity contribution in [3.05, 3.63) is 206 Å². The first kappa shape index (κ1) is 32.2. The Morgan fingerprint density at radius 2 is 0.764 bits per heavy atom. The van der Waals surface area contributed by atoms with Crippen molar-refractivity contribution >= 4 is 16.3 Å². The molecule has 0 fully saturated rings. The van der Waals surface area contributed by atoms with Crippen LogP contribution in [0.5, 0.6) is 0 Å². The number of nitrogens with zero attached hydrogens (tertiary/aromatic N) is 4. The van der Waals surface area contributed by atoms with E-state index in [0.717, 1.165) is 78.6 Å². The lowest BCUT2D eigenvalue weighted by atomic mass is 9.99. The number of benzene rings is 7. The van der Waals surface area contributed by atoms with Gasteiger partial charge in [0.25, 0.3) is 0 Å². The van der Waals surface area contributed by atoms with Gasteiger partial charge in [0.2, 0.25) is 0 Å². The van der Waals surface area contributed by atoms with E-state index < -0.39 is 0 Å². The Morgan fingerprint density at radius 3 is 1.44 bits per heavy atom. The van der Waals surface area contributed by atoms with Crippen molar-refractivity contribution in [2.45, 2.75) is 0 Å². The summed E-state index contributed by atoms with van der Waals surface area (Å²) in [6.45, 7) is 0. The van der Waals surface area contributed by atoms with Crippen molar-refractivity contribution in [1.82, 2.24) is 19.4 Å². The van der Waals surface area contributed by atoms with Crippen molar-refractivity contribution in [3.8, 4) is 78.9 Å². The Balaban J connectivity index is 1.07. The molecular formula is C51H34N4. The van der Waals surface area contributed by atoms with E-state index in [-0.39, 0.29) is 0 Å². The van der Waals surface area contributed by atoms with E-state index >= 15 is 0 Å². The van der Waals surface area contributed by atoms with Crippen molar-refractivity contribution in [2.75, 3.05) is 0 Å². The van der Waals surface area contributed by atoms with Crippen LogP contribution >= 0.6 is 0 Å². The first-order valence-corrected chi connectivity index (χ1v) is 18.5. The second-order valence-corrected chi connectivity index (χ2v) is 13.7. The molecule has 55 heavy (non-hydrogen) atoms. The highest BCUT2D eigenvalue weighted by Crippen LogP contribution is 2.39. The van der Waals surface area contributed by atoms with Crippen LogP contribution in [0.15, 0.2) is 206 Å². The zero-order chi connectivity index (χ0) is 36.6. The Morgan fingerprint density at radius 1 is 0.291 bits per heavy atom. The van der Waals surface area contributed by atoms with Crippen molar-refractivity contribution in [2.24, 2.45) is 0 Å². The third kappa shape index (κ3) is 6.06. The normalized spacial score (nSPS) is 11.3. The first-order valence-electron chi connectivity index (χ1n) is 18.5. The number of rotatable bonds is 7. The molecule has 0 spiro atoms. The molecule has 0 N–H and O–H groups in total. The van der Waals surface area contributed by atoms with E-state index in [9.17, 15) is 0 Å². The molecule has 0 saturated heterocycles. The lowest BCUT2D eigenvalue weighted by Crippen LogP contribution is -2.00. The molecule has 4 heteroatoms. The van der Waals surface area contributed by atoms with Gasteiger partial charge in [-0.15, -0.1) is 0 Å². The highest BCUT2D eigenvalue weighted by Gasteiger charge is 2.20. The Labute approximate surface area is 319 Å². The van der Waals surface area contributed by atoms with Gasteiger partial charge in [0.05, 0.1) is 28.3 Å². The van der Waals surface area contributed by atoms with Gasteiger partial charge in [-0.2, -0.15) is 0 Å². The minimum absolute atomic E-state index is 0.706. The van der Waals surface area contributed by atoms with Crippen LogP contribution in [0.25, 0.3) is 95.2 Å². The highest BCUT2D eigenvalue weighted by atomic mass is 15.0. The summed E-state index contributed by atoms with van der Waals surface area (Å²) in [5.41, 5.74) is 13.6. The van der Waals surface area contributed by atoms with E-state index in [2.05, 4.69) is 174 Å². The summed E-state index contributed by atoms with van der Waals surface area (Å²) in [6, 6.07) is 72.0. The standard InChI is InChI=1S/C51H34N4/c1-5-16-36(17-6-1)45-33-46(53-50(52-45)39-20-9-3-10-21-39)42-25-15-24-41(32-42)35-28-30-37(31-29-35)47-34-48-43-26-13-14-27-44(43)49(38-18-7-2-8-19-38)55(48)51(54-47)40-22-11-4-12-23-40/h1-34H. The molecule has 0 amide bonds. The molecule has 4 nitrogen and oxygen atoms in total. The molecule has 0 saturated carbocycles. The van der Waals surface area contributed by atoms with Crippen molar-refractivity contribution in [3.63, 3.8) is 0 Å². The maximum Gasteiger partial charge on any atom is 0.160 e. The zero-order valence-corrected chi connectivity index (χ0v) is 29.9. The molecule has 10 rings (SSSR count). The van der Waals surface area contributed by atoms with Gasteiger partial charge in [-0.1, -0.05) is 188 Å². The molecule has 258 valence electrons. The molecule has 10 aromatic rings. The third-order valence-corrected chi connectivity index (χ3v) is 10.2. The average molecular weight is 703 g/mol. The number of aromatic nitrogens is 4. The fourth-order valence-electron chi connectivity index (χ4n) is 7.53. The second kappa shape index (κ2) is 13.8.